The molecule has 0 aromatic heterocycles. The van der Waals surface area contributed by atoms with Gasteiger partial charge in [-0.3, -0.25) is 0 Å². The number of hydrogen-bond acceptors (Lipinski definition) is 4. The molecule has 1 N–H and O–H groups in total. The molecule has 0 aliphatic rings. The van der Waals surface area contributed by atoms with Crippen LogP contribution >= 0.6 is 0 Å². The SMILES string of the molecule is COc1cccc(Nc2cc(OC)cc(OC)c2)c1. The Kier molecular flexibility index (Phi) is 4.13. The summed E-state index contributed by atoms with van der Waals surface area (Å²) in [4.78, 5) is 0. The van der Waals surface area contributed by atoms with Crippen molar-refractivity contribution in [2.75, 3.05) is 26.6 Å². The predicted octanol–water partition coefficient (Wildman–Crippen LogP) is 3.46. The fourth-order valence-corrected chi connectivity index (χ4v) is 1.75. The first-order valence-corrected chi connectivity index (χ1v) is 5.89. The summed E-state index contributed by atoms with van der Waals surface area (Å²) in [6.45, 7) is 0. The van der Waals surface area contributed by atoms with Crippen LogP contribution in [-0.4, -0.2) is 21.3 Å². The molecule has 0 saturated carbocycles. The van der Waals surface area contributed by atoms with E-state index in [9.17, 15) is 0 Å². The minimum absolute atomic E-state index is 0.741. The fourth-order valence-electron chi connectivity index (χ4n) is 1.75. The molecule has 0 bridgehead atoms. The third-order valence-electron chi connectivity index (χ3n) is 2.71. The number of benzene rings is 2. The molecular weight excluding hydrogens is 242 g/mol. The highest BCUT2D eigenvalue weighted by atomic mass is 16.5. The van der Waals surface area contributed by atoms with E-state index in [4.69, 9.17) is 14.2 Å². The van der Waals surface area contributed by atoms with Crippen LogP contribution in [0.3, 0.4) is 0 Å². The van der Waals surface area contributed by atoms with Crippen LogP contribution in [0.5, 0.6) is 17.2 Å². The van der Waals surface area contributed by atoms with Crippen LogP contribution < -0.4 is 19.5 Å². The number of methoxy groups -OCH3 is 3. The average Bonchev–Trinajstić information content (AvgIpc) is 2.47. The van der Waals surface area contributed by atoms with Gasteiger partial charge in [-0.05, 0) is 12.1 Å². The molecule has 0 spiro atoms. The quantitative estimate of drug-likeness (QED) is 0.892. The third kappa shape index (κ3) is 3.31. The topological polar surface area (TPSA) is 39.7 Å². The molecule has 0 aliphatic carbocycles. The summed E-state index contributed by atoms with van der Waals surface area (Å²) in [7, 11) is 4.90. The number of rotatable bonds is 5. The standard InChI is InChI=1S/C15H17NO3/c1-17-13-6-4-5-11(7-13)16-12-8-14(18-2)10-15(9-12)19-3/h4-10,16H,1-3H3. The van der Waals surface area contributed by atoms with Gasteiger partial charge >= 0.3 is 0 Å². The van der Waals surface area contributed by atoms with Crippen molar-refractivity contribution in [3.63, 3.8) is 0 Å². The van der Waals surface area contributed by atoms with Crippen molar-refractivity contribution in [3.05, 3.63) is 42.5 Å². The summed E-state index contributed by atoms with van der Waals surface area (Å²) >= 11 is 0. The first kappa shape index (κ1) is 13.1. The van der Waals surface area contributed by atoms with E-state index in [1.807, 2.05) is 42.5 Å². The molecule has 4 nitrogen and oxygen atoms in total. The Labute approximate surface area is 112 Å². The lowest BCUT2D eigenvalue weighted by Crippen LogP contribution is -1.94. The summed E-state index contributed by atoms with van der Waals surface area (Å²) in [6, 6.07) is 13.4. The lowest BCUT2D eigenvalue weighted by atomic mass is 10.2. The largest absolute Gasteiger partial charge is 0.497 e. The molecule has 2 aromatic rings. The van der Waals surface area contributed by atoms with Crippen LogP contribution in [0.1, 0.15) is 0 Å². The minimum Gasteiger partial charge on any atom is -0.497 e. The summed E-state index contributed by atoms with van der Waals surface area (Å²) in [5.41, 5.74) is 1.83. The van der Waals surface area contributed by atoms with Crippen molar-refractivity contribution in [3.8, 4) is 17.2 Å². The van der Waals surface area contributed by atoms with Crippen molar-refractivity contribution in [2.24, 2.45) is 0 Å². The van der Waals surface area contributed by atoms with Crippen LogP contribution in [0.25, 0.3) is 0 Å². The second kappa shape index (κ2) is 6.00. The number of anilines is 2. The van der Waals surface area contributed by atoms with Crippen LogP contribution in [0.15, 0.2) is 42.5 Å². The van der Waals surface area contributed by atoms with E-state index in [0.29, 0.717) is 0 Å². The Bertz CT molecular complexity index is 533. The van der Waals surface area contributed by atoms with E-state index in [2.05, 4.69) is 5.32 Å². The molecule has 0 unspecified atom stereocenters. The molecule has 4 heteroatoms. The Morgan fingerprint density at radius 2 is 1.26 bits per heavy atom. The molecule has 0 saturated heterocycles. The molecule has 0 radical (unpaired) electrons. The van der Waals surface area contributed by atoms with Gasteiger partial charge in [-0.25, -0.2) is 0 Å². The van der Waals surface area contributed by atoms with Gasteiger partial charge in [0.2, 0.25) is 0 Å². The minimum atomic E-state index is 0.741. The second-order valence-corrected chi connectivity index (χ2v) is 3.96. The molecule has 0 aliphatic heterocycles. The zero-order chi connectivity index (χ0) is 13.7. The maximum atomic E-state index is 5.24. The van der Waals surface area contributed by atoms with Crippen LogP contribution in [-0.2, 0) is 0 Å². The Morgan fingerprint density at radius 3 is 1.84 bits per heavy atom. The predicted molar refractivity (Wildman–Crippen MR) is 75.8 cm³/mol. The molecule has 0 fully saturated rings. The highest BCUT2D eigenvalue weighted by molar-refractivity contribution is 5.64. The molecule has 2 rings (SSSR count). The van der Waals surface area contributed by atoms with E-state index in [-0.39, 0.29) is 0 Å². The number of hydrogen-bond donors (Lipinski definition) is 1. The van der Waals surface area contributed by atoms with Crippen LogP contribution in [0.4, 0.5) is 11.4 Å². The lowest BCUT2D eigenvalue weighted by Gasteiger charge is -2.11. The van der Waals surface area contributed by atoms with Crippen molar-refractivity contribution in [1.82, 2.24) is 0 Å². The maximum Gasteiger partial charge on any atom is 0.124 e. The number of nitrogens with one attached hydrogen (secondary N) is 1. The smallest absolute Gasteiger partial charge is 0.124 e. The van der Waals surface area contributed by atoms with E-state index in [1.165, 1.54) is 0 Å². The zero-order valence-electron chi connectivity index (χ0n) is 11.3. The maximum absolute atomic E-state index is 5.24. The first-order valence-electron chi connectivity index (χ1n) is 5.89. The molecule has 0 amide bonds. The summed E-state index contributed by atoms with van der Waals surface area (Å²) in [5, 5.41) is 3.29. The summed E-state index contributed by atoms with van der Waals surface area (Å²) < 4.78 is 15.7. The van der Waals surface area contributed by atoms with Crippen LogP contribution in [0.2, 0.25) is 0 Å². The van der Waals surface area contributed by atoms with E-state index in [0.717, 1.165) is 28.6 Å². The Balaban J connectivity index is 2.26. The van der Waals surface area contributed by atoms with Gasteiger partial charge in [0.1, 0.15) is 17.2 Å². The van der Waals surface area contributed by atoms with Crippen molar-refractivity contribution in [2.45, 2.75) is 0 Å². The third-order valence-corrected chi connectivity index (χ3v) is 2.71. The Hall–Kier alpha value is -2.36. The zero-order valence-corrected chi connectivity index (χ0v) is 11.3. The van der Waals surface area contributed by atoms with Gasteiger partial charge in [0, 0.05) is 35.6 Å². The van der Waals surface area contributed by atoms with Gasteiger partial charge in [-0.1, -0.05) is 6.07 Å². The van der Waals surface area contributed by atoms with Gasteiger partial charge in [0.05, 0.1) is 21.3 Å². The highest BCUT2D eigenvalue weighted by Gasteiger charge is 2.03. The molecule has 0 heterocycles. The molecule has 19 heavy (non-hydrogen) atoms. The molecule has 2 aromatic carbocycles. The monoisotopic (exact) mass is 259 g/mol. The van der Waals surface area contributed by atoms with E-state index >= 15 is 0 Å². The molecule has 0 atom stereocenters. The molecular formula is C15H17NO3. The van der Waals surface area contributed by atoms with Gasteiger partial charge in [-0.15, -0.1) is 0 Å². The van der Waals surface area contributed by atoms with E-state index in [1.54, 1.807) is 21.3 Å². The molecule has 100 valence electrons. The van der Waals surface area contributed by atoms with Gasteiger partial charge in [0.15, 0.2) is 0 Å². The van der Waals surface area contributed by atoms with E-state index < -0.39 is 0 Å². The normalized spacial score (nSPS) is 9.84. The van der Waals surface area contributed by atoms with Crippen molar-refractivity contribution < 1.29 is 14.2 Å². The summed E-state index contributed by atoms with van der Waals surface area (Å²) in [6.07, 6.45) is 0. The second-order valence-electron chi connectivity index (χ2n) is 3.96. The van der Waals surface area contributed by atoms with Crippen molar-refractivity contribution in [1.29, 1.82) is 0 Å². The van der Waals surface area contributed by atoms with Gasteiger partial charge in [-0.2, -0.15) is 0 Å². The fraction of sp³-hybridized carbons (Fsp3) is 0.200. The van der Waals surface area contributed by atoms with Crippen LogP contribution in [0, 0.1) is 0 Å². The lowest BCUT2D eigenvalue weighted by molar-refractivity contribution is 0.395. The van der Waals surface area contributed by atoms with Gasteiger partial charge < -0.3 is 19.5 Å². The van der Waals surface area contributed by atoms with Gasteiger partial charge in [0.25, 0.3) is 0 Å². The Morgan fingerprint density at radius 1 is 0.684 bits per heavy atom. The van der Waals surface area contributed by atoms with Crippen molar-refractivity contribution >= 4 is 11.4 Å². The summed E-state index contributed by atoms with van der Waals surface area (Å²) in [5.74, 6) is 2.29. The average molecular weight is 259 g/mol. The number of ether oxygens (including phenoxy) is 3. The highest BCUT2D eigenvalue weighted by Crippen LogP contribution is 2.28. The first-order chi connectivity index (χ1) is 9.25.